The molecular formula is C25H24ClN5O. The van der Waals surface area contributed by atoms with Gasteiger partial charge in [-0.05, 0) is 54.7 Å². The molecule has 0 fully saturated rings. The van der Waals surface area contributed by atoms with Crippen LogP contribution in [0.1, 0.15) is 23.2 Å². The Hall–Kier alpha value is -3.22. The molecule has 162 valence electrons. The number of hydrogen-bond acceptors (Lipinski definition) is 5. The van der Waals surface area contributed by atoms with E-state index in [9.17, 15) is 0 Å². The lowest BCUT2D eigenvalue weighted by Crippen LogP contribution is -2.34. The summed E-state index contributed by atoms with van der Waals surface area (Å²) in [5.74, 6) is 0.569. The predicted octanol–water partition coefficient (Wildman–Crippen LogP) is 4.64. The maximum absolute atomic E-state index is 5.94. The molecule has 0 spiro atoms. The number of nitrogens with zero attached hydrogens (tertiary/aromatic N) is 4. The van der Waals surface area contributed by atoms with Crippen LogP contribution in [0, 0.1) is 0 Å². The van der Waals surface area contributed by atoms with Crippen LogP contribution in [0.5, 0.6) is 5.88 Å². The standard InChI is InChI=1S/C25H24ClN5O/c1-32-24-11-10-22-25(29-24)23(12-14-28-22)31-16-18-15-20(8-9-21(18)30-31)27-13-2-3-17-4-6-19(26)7-5-17/h2-7,10-12,14,16,20,27H,8-9,13,15H2,1H3/b3-2+. The van der Waals surface area contributed by atoms with Crippen LogP contribution >= 0.6 is 11.6 Å². The highest BCUT2D eigenvalue weighted by molar-refractivity contribution is 6.30. The third kappa shape index (κ3) is 4.38. The molecule has 1 aliphatic carbocycles. The van der Waals surface area contributed by atoms with Crippen LogP contribution < -0.4 is 10.1 Å². The van der Waals surface area contributed by atoms with Crippen molar-refractivity contribution in [2.45, 2.75) is 25.3 Å². The first kappa shape index (κ1) is 20.7. The van der Waals surface area contributed by atoms with Gasteiger partial charge in [-0.25, -0.2) is 9.67 Å². The van der Waals surface area contributed by atoms with Gasteiger partial charge in [0.15, 0.2) is 0 Å². The number of nitrogens with one attached hydrogen (secondary N) is 1. The van der Waals surface area contributed by atoms with E-state index in [4.69, 9.17) is 21.4 Å². The Bertz CT molecular complexity index is 1270. The number of methoxy groups -OCH3 is 1. The average Bonchev–Trinajstić information content (AvgIpc) is 3.25. The van der Waals surface area contributed by atoms with Crippen LogP contribution in [0.3, 0.4) is 0 Å². The van der Waals surface area contributed by atoms with Gasteiger partial charge in [0.25, 0.3) is 0 Å². The summed E-state index contributed by atoms with van der Waals surface area (Å²) < 4.78 is 7.23. The van der Waals surface area contributed by atoms with Crippen molar-refractivity contribution >= 4 is 28.7 Å². The lowest BCUT2D eigenvalue weighted by molar-refractivity contribution is 0.399. The number of aryl methyl sites for hydroxylation is 1. The summed E-state index contributed by atoms with van der Waals surface area (Å²) >= 11 is 5.94. The number of benzene rings is 1. The SMILES string of the molecule is COc1ccc2nccc(-n3cc4c(n3)CCC(NC/C=C/c3ccc(Cl)cc3)C4)c2n1. The van der Waals surface area contributed by atoms with E-state index in [1.165, 1.54) is 5.56 Å². The van der Waals surface area contributed by atoms with Crippen molar-refractivity contribution in [3.63, 3.8) is 0 Å². The fourth-order valence-corrected chi connectivity index (χ4v) is 4.22. The molecule has 1 atom stereocenters. The second kappa shape index (κ2) is 9.10. The molecule has 0 radical (unpaired) electrons. The molecule has 3 heterocycles. The van der Waals surface area contributed by atoms with Crippen LogP contribution in [0.25, 0.3) is 22.8 Å². The molecule has 5 rings (SSSR count). The van der Waals surface area contributed by atoms with Gasteiger partial charge in [0, 0.05) is 36.1 Å². The Balaban J connectivity index is 1.28. The van der Waals surface area contributed by atoms with Crippen LogP contribution in [0.4, 0.5) is 0 Å². The smallest absolute Gasteiger partial charge is 0.213 e. The molecule has 1 unspecified atom stereocenters. The molecular weight excluding hydrogens is 422 g/mol. The Morgan fingerprint density at radius 2 is 2.06 bits per heavy atom. The molecule has 0 bridgehead atoms. The van der Waals surface area contributed by atoms with Crippen molar-refractivity contribution < 1.29 is 4.74 Å². The van der Waals surface area contributed by atoms with Gasteiger partial charge in [0.1, 0.15) is 5.52 Å². The monoisotopic (exact) mass is 445 g/mol. The number of pyridine rings is 2. The minimum absolute atomic E-state index is 0.433. The summed E-state index contributed by atoms with van der Waals surface area (Å²) in [6, 6.07) is 14.0. The summed E-state index contributed by atoms with van der Waals surface area (Å²) in [6.07, 6.45) is 11.2. The molecule has 1 aliphatic rings. The summed E-state index contributed by atoms with van der Waals surface area (Å²) in [5.41, 5.74) is 6.12. The van der Waals surface area contributed by atoms with Crippen molar-refractivity contribution in [3.8, 4) is 11.6 Å². The molecule has 1 N–H and O–H groups in total. The molecule has 6 nitrogen and oxygen atoms in total. The Kier molecular flexibility index (Phi) is 5.88. The second-order valence-corrected chi connectivity index (χ2v) is 8.34. The average molecular weight is 446 g/mol. The van der Waals surface area contributed by atoms with Gasteiger partial charge in [-0.15, -0.1) is 0 Å². The first-order valence-corrected chi connectivity index (χ1v) is 11.1. The van der Waals surface area contributed by atoms with E-state index in [-0.39, 0.29) is 0 Å². The van der Waals surface area contributed by atoms with Gasteiger partial charge in [-0.1, -0.05) is 35.9 Å². The van der Waals surface area contributed by atoms with Gasteiger partial charge >= 0.3 is 0 Å². The maximum atomic E-state index is 5.94. The highest BCUT2D eigenvalue weighted by Crippen LogP contribution is 2.25. The van der Waals surface area contributed by atoms with E-state index in [2.05, 4.69) is 33.6 Å². The van der Waals surface area contributed by atoms with Gasteiger partial charge in [-0.3, -0.25) is 4.98 Å². The molecule has 4 aromatic rings. The highest BCUT2D eigenvalue weighted by atomic mass is 35.5. The van der Waals surface area contributed by atoms with Crippen LogP contribution in [-0.2, 0) is 12.8 Å². The van der Waals surface area contributed by atoms with Crippen molar-refractivity contribution in [2.24, 2.45) is 0 Å². The molecule has 7 heteroatoms. The van der Waals surface area contributed by atoms with Crippen molar-refractivity contribution in [2.75, 3.05) is 13.7 Å². The van der Waals surface area contributed by atoms with E-state index in [1.807, 2.05) is 47.1 Å². The predicted molar refractivity (Wildman–Crippen MR) is 128 cm³/mol. The van der Waals surface area contributed by atoms with E-state index in [0.29, 0.717) is 11.9 Å². The highest BCUT2D eigenvalue weighted by Gasteiger charge is 2.22. The first-order chi connectivity index (χ1) is 15.7. The maximum Gasteiger partial charge on any atom is 0.213 e. The van der Waals surface area contributed by atoms with Crippen molar-refractivity contribution in [1.82, 2.24) is 25.1 Å². The zero-order chi connectivity index (χ0) is 21.9. The summed E-state index contributed by atoms with van der Waals surface area (Å²) in [6.45, 7) is 0.829. The van der Waals surface area contributed by atoms with Gasteiger partial charge in [0.05, 0.1) is 24.0 Å². The Morgan fingerprint density at radius 1 is 1.19 bits per heavy atom. The molecule has 3 aromatic heterocycles. The number of hydrogen-bond donors (Lipinski definition) is 1. The van der Waals surface area contributed by atoms with Gasteiger partial charge < -0.3 is 10.1 Å². The molecule has 1 aromatic carbocycles. The van der Waals surface area contributed by atoms with E-state index < -0.39 is 0 Å². The fourth-order valence-electron chi connectivity index (χ4n) is 4.10. The van der Waals surface area contributed by atoms with Crippen LogP contribution in [0.15, 0.2) is 60.9 Å². The first-order valence-electron chi connectivity index (χ1n) is 10.7. The molecule has 32 heavy (non-hydrogen) atoms. The quantitative estimate of drug-likeness (QED) is 0.468. The molecule has 0 saturated heterocycles. The molecule has 0 saturated carbocycles. The minimum atomic E-state index is 0.433. The largest absolute Gasteiger partial charge is 0.481 e. The Morgan fingerprint density at radius 3 is 2.91 bits per heavy atom. The van der Waals surface area contributed by atoms with Crippen LogP contribution in [-0.4, -0.2) is 39.4 Å². The summed E-state index contributed by atoms with van der Waals surface area (Å²) in [5, 5.41) is 9.27. The number of halogens is 1. The van der Waals surface area contributed by atoms with Crippen molar-refractivity contribution in [3.05, 3.63) is 82.8 Å². The number of ether oxygens (including phenoxy) is 1. The topological polar surface area (TPSA) is 64.9 Å². The fraction of sp³-hybridized carbons (Fsp3) is 0.240. The number of rotatable bonds is 6. The second-order valence-electron chi connectivity index (χ2n) is 7.90. The zero-order valence-corrected chi connectivity index (χ0v) is 18.6. The number of fused-ring (bicyclic) bond motifs is 2. The summed E-state index contributed by atoms with van der Waals surface area (Å²) in [4.78, 5) is 9.02. The third-order valence-corrected chi connectivity index (χ3v) is 6.02. The zero-order valence-electron chi connectivity index (χ0n) is 17.8. The van der Waals surface area contributed by atoms with Gasteiger partial charge in [0.2, 0.25) is 5.88 Å². The minimum Gasteiger partial charge on any atom is -0.481 e. The van der Waals surface area contributed by atoms with E-state index in [0.717, 1.165) is 58.8 Å². The van der Waals surface area contributed by atoms with Gasteiger partial charge in [-0.2, -0.15) is 5.10 Å². The molecule has 0 aliphatic heterocycles. The van der Waals surface area contributed by atoms with E-state index >= 15 is 0 Å². The summed E-state index contributed by atoms with van der Waals surface area (Å²) in [7, 11) is 1.62. The van der Waals surface area contributed by atoms with E-state index in [1.54, 1.807) is 13.3 Å². The normalized spacial score (nSPS) is 15.9. The molecule has 0 amide bonds. The third-order valence-electron chi connectivity index (χ3n) is 5.77. The Labute approximate surface area is 191 Å². The van der Waals surface area contributed by atoms with Crippen LogP contribution in [0.2, 0.25) is 5.02 Å². The van der Waals surface area contributed by atoms with Crippen molar-refractivity contribution in [1.29, 1.82) is 0 Å². The number of aromatic nitrogens is 4. The lowest BCUT2D eigenvalue weighted by Gasteiger charge is -2.21. The lowest BCUT2D eigenvalue weighted by atomic mass is 9.93.